The number of H-pyrrole nitrogens is 1. The molecule has 0 unspecified atom stereocenters. The van der Waals surface area contributed by atoms with Crippen molar-refractivity contribution in [1.82, 2.24) is 14.5 Å². The second-order valence-corrected chi connectivity index (χ2v) is 6.17. The maximum Gasteiger partial charge on any atom is 0.247 e. The SMILES string of the molecule is CCN(Cc1ccco1)S(=O)(=O)c1c(CO)n[nH]c1C. The average molecular weight is 299 g/mol. The van der Waals surface area contributed by atoms with Gasteiger partial charge < -0.3 is 9.52 Å². The van der Waals surface area contributed by atoms with Crippen LogP contribution in [0.5, 0.6) is 0 Å². The molecule has 2 N–H and O–H groups in total. The third kappa shape index (κ3) is 2.62. The first kappa shape index (κ1) is 14.8. The molecule has 0 aliphatic carbocycles. The molecule has 0 spiro atoms. The molecule has 0 bridgehead atoms. The van der Waals surface area contributed by atoms with Crippen molar-refractivity contribution in [3.63, 3.8) is 0 Å². The number of aryl methyl sites for hydroxylation is 1. The van der Waals surface area contributed by atoms with Crippen LogP contribution in [0, 0.1) is 6.92 Å². The standard InChI is InChI=1S/C12H17N3O4S/c1-3-15(7-10-5-4-6-19-10)20(17,18)12-9(2)13-14-11(12)8-16/h4-6,16H,3,7-8H2,1-2H3,(H,13,14). The number of aliphatic hydroxyl groups is 1. The van der Waals surface area contributed by atoms with Gasteiger partial charge in [0.15, 0.2) is 0 Å². The maximum absolute atomic E-state index is 12.7. The average Bonchev–Trinajstić information content (AvgIpc) is 3.04. The molecule has 7 nitrogen and oxygen atoms in total. The minimum atomic E-state index is -3.74. The van der Waals surface area contributed by atoms with E-state index in [0.717, 1.165) is 0 Å². The van der Waals surface area contributed by atoms with E-state index in [1.165, 1.54) is 10.6 Å². The van der Waals surface area contributed by atoms with E-state index in [0.29, 0.717) is 18.0 Å². The van der Waals surface area contributed by atoms with Gasteiger partial charge >= 0.3 is 0 Å². The fraction of sp³-hybridized carbons (Fsp3) is 0.417. The molecule has 0 aliphatic heterocycles. The van der Waals surface area contributed by atoms with Crippen LogP contribution in [-0.4, -0.2) is 34.6 Å². The first-order valence-electron chi connectivity index (χ1n) is 6.18. The van der Waals surface area contributed by atoms with Crippen molar-refractivity contribution in [2.75, 3.05) is 6.54 Å². The van der Waals surface area contributed by atoms with Gasteiger partial charge in [-0.15, -0.1) is 0 Å². The molecule has 0 fully saturated rings. The van der Waals surface area contributed by atoms with Gasteiger partial charge in [0.05, 0.1) is 25.1 Å². The summed E-state index contributed by atoms with van der Waals surface area (Å²) in [7, 11) is -3.74. The molecular weight excluding hydrogens is 282 g/mol. The van der Waals surface area contributed by atoms with Crippen molar-refractivity contribution in [2.24, 2.45) is 0 Å². The zero-order valence-corrected chi connectivity index (χ0v) is 12.1. The molecule has 110 valence electrons. The molecule has 20 heavy (non-hydrogen) atoms. The zero-order chi connectivity index (χ0) is 14.8. The highest BCUT2D eigenvalue weighted by Gasteiger charge is 2.30. The highest BCUT2D eigenvalue weighted by Crippen LogP contribution is 2.23. The highest BCUT2D eigenvalue weighted by molar-refractivity contribution is 7.89. The smallest absolute Gasteiger partial charge is 0.247 e. The lowest BCUT2D eigenvalue weighted by molar-refractivity contribution is 0.272. The number of aliphatic hydroxyl groups excluding tert-OH is 1. The van der Waals surface area contributed by atoms with Crippen LogP contribution >= 0.6 is 0 Å². The molecule has 2 aromatic heterocycles. The summed E-state index contributed by atoms with van der Waals surface area (Å²) in [5.74, 6) is 0.558. The van der Waals surface area contributed by atoms with Gasteiger partial charge in [-0.2, -0.15) is 9.40 Å². The number of nitrogens with one attached hydrogen (secondary N) is 1. The third-order valence-corrected chi connectivity index (χ3v) is 5.10. The second-order valence-electron chi connectivity index (χ2n) is 4.29. The Balaban J connectivity index is 2.39. The van der Waals surface area contributed by atoms with Crippen LogP contribution < -0.4 is 0 Å². The fourth-order valence-corrected chi connectivity index (χ4v) is 3.73. The summed E-state index contributed by atoms with van der Waals surface area (Å²) in [6, 6.07) is 3.42. The Bertz CT molecular complexity index is 661. The first-order valence-corrected chi connectivity index (χ1v) is 7.62. The zero-order valence-electron chi connectivity index (χ0n) is 11.3. The lowest BCUT2D eigenvalue weighted by Crippen LogP contribution is -2.31. The molecule has 0 radical (unpaired) electrons. The number of hydrogen-bond acceptors (Lipinski definition) is 5. The number of rotatable bonds is 6. The monoisotopic (exact) mass is 299 g/mol. The predicted octanol–water partition coefficient (Wildman–Crippen LogP) is 1.01. The fourth-order valence-electron chi connectivity index (χ4n) is 1.99. The van der Waals surface area contributed by atoms with Crippen molar-refractivity contribution in [3.8, 4) is 0 Å². The largest absolute Gasteiger partial charge is 0.468 e. The van der Waals surface area contributed by atoms with E-state index in [1.807, 2.05) is 0 Å². The topological polar surface area (TPSA) is 99.4 Å². The first-order chi connectivity index (χ1) is 9.50. The Morgan fingerprint density at radius 3 is 2.80 bits per heavy atom. The molecule has 0 saturated heterocycles. The summed E-state index contributed by atoms with van der Waals surface area (Å²) in [6.07, 6.45) is 1.50. The summed E-state index contributed by atoms with van der Waals surface area (Å²) in [5, 5.41) is 15.6. The quantitative estimate of drug-likeness (QED) is 0.829. The van der Waals surface area contributed by atoms with Crippen molar-refractivity contribution in [3.05, 3.63) is 35.5 Å². The van der Waals surface area contributed by atoms with Gasteiger partial charge in [-0.3, -0.25) is 5.10 Å². The van der Waals surface area contributed by atoms with Gasteiger partial charge in [-0.05, 0) is 19.1 Å². The van der Waals surface area contributed by atoms with Gasteiger partial charge in [0.25, 0.3) is 0 Å². The van der Waals surface area contributed by atoms with E-state index in [4.69, 9.17) is 4.42 Å². The van der Waals surface area contributed by atoms with Crippen LogP contribution in [0.25, 0.3) is 0 Å². The molecule has 0 aliphatic rings. The number of furan rings is 1. The van der Waals surface area contributed by atoms with Gasteiger partial charge in [-0.1, -0.05) is 6.92 Å². The Morgan fingerprint density at radius 2 is 2.25 bits per heavy atom. The van der Waals surface area contributed by atoms with Crippen molar-refractivity contribution in [2.45, 2.75) is 31.9 Å². The molecule has 2 aromatic rings. The Morgan fingerprint density at radius 1 is 1.50 bits per heavy atom. The maximum atomic E-state index is 12.7. The summed E-state index contributed by atoms with van der Waals surface area (Å²) < 4.78 is 31.8. The summed E-state index contributed by atoms with van der Waals surface area (Å²) in [4.78, 5) is 0.0356. The Kier molecular flexibility index (Phi) is 4.26. The molecule has 2 rings (SSSR count). The molecule has 2 heterocycles. The number of sulfonamides is 1. The minimum absolute atomic E-state index is 0.0356. The van der Waals surface area contributed by atoms with Gasteiger partial charge in [0, 0.05) is 6.54 Å². The normalized spacial score (nSPS) is 12.2. The predicted molar refractivity (Wildman–Crippen MR) is 71.2 cm³/mol. The number of hydrogen-bond donors (Lipinski definition) is 2. The summed E-state index contributed by atoms with van der Waals surface area (Å²) >= 11 is 0. The van der Waals surface area contributed by atoms with E-state index >= 15 is 0 Å². The molecule has 0 amide bonds. The highest BCUT2D eigenvalue weighted by atomic mass is 32.2. The van der Waals surface area contributed by atoms with Gasteiger partial charge in [0.1, 0.15) is 16.3 Å². The lowest BCUT2D eigenvalue weighted by atomic mass is 10.4. The van der Waals surface area contributed by atoms with Gasteiger partial charge in [-0.25, -0.2) is 8.42 Å². The van der Waals surface area contributed by atoms with Crippen molar-refractivity contribution in [1.29, 1.82) is 0 Å². The number of nitrogens with zero attached hydrogens (tertiary/aromatic N) is 2. The molecule has 8 heteroatoms. The van der Waals surface area contributed by atoms with Crippen LogP contribution in [0.3, 0.4) is 0 Å². The van der Waals surface area contributed by atoms with E-state index in [-0.39, 0.29) is 17.1 Å². The Hall–Kier alpha value is -1.64. The molecule has 0 aromatic carbocycles. The van der Waals surface area contributed by atoms with Crippen LogP contribution in [0.1, 0.15) is 24.1 Å². The van der Waals surface area contributed by atoms with Crippen LogP contribution in [0.4, 0.5) is 0 Å². The van der Waals surface area contributed by atoms with Crippen LogP contribution in [-0.2, 0) is 23.2 Å². The van der Waals surface area contributed by atoms with Gasteiger partial charge in [0.2, 0.25) is 10.0 Å². The van der Waals surface area contributed by atoms with Crippen LogP contribution in [0.2, 0.25) is 0 Å². The van der Waals surface area contributed by atoms with E-state index in [1.54, 1.807) is 26.0 Å². The lowest BCUT2D eigenvalue weighted by Gasteiger charge is -2.19. The summed E-state index contributed by atoms with van der Waals surface area (Å²) in [5.41, 5.74) is 0.535. The third-order valence-electron chi connectivity index (χ3n) is 2.97. The molecule has 0 saturated carbocycles. The Labute approximate surface area is 117 Å². The minimum Gasteiger partial charge on any atom is -0.468 e. The number of aromatic amines is 1. The second kappa shape index (κ2) is 5.78. The molecular formula is C12H17N3O4S. The van der Waals surface area contributed by atoms with E-state index in [2.05, 4.69) is 10.2 Å². The molecule has 0 atom stereocenters. The van der Waals surface area contributed by atoms with E-state index < -0.39 is 16.6 Å². The van der Waals surface area contributed by atoms with Crippen molar-refractivity contribution >= 4 is 10.0 Å². The number of aromatic nitrogens is 2. The summed E-state index contributed by atoms with van der Waals surface area (Å²) in [6.45, 7) is 3.35. The van der Waals surface area contributed by atoms with Crippen LogP contribution in [0.15, 0.2) is 27.7 Å². The van der Waals surface area contributed by atoms with E-state index in [9.17, 15) is 13.5 Å². The van der Waals surface area contributed by atoms with Crippen molar-refractivity contribution < 1.29 is 17.9 Å².